The molecule has 0 radical (unpaired) electrons. The summed E-state index contributed by atoms with van der Waals surface area (Å²) in [6.07, 6.45) is 0. The Balaban J connectivity index is 1.24. The van der Waals surface area contributed by atoms with Crippen molar-refractivity contribution >= 4 is 39.3 Å². The third kappa shape index (κ3) is 7.08. The van der Waals surface area contributed by atoms with Crippen LogP contribution in [-0.4, -0.2) is 62.0 Å². The molecule has 1 aliphatic heterocycles. The molecule has 0 aliphatic carbocycles. The number of amides is 1. The zero-order valence-corrected chi connectivity index (χ0v) is 21.7. The van der Waals surface area contributed by atoms with E-state index in [0.717, 1.165) is 16.2 Å². The first kappa shape index (κ1) is 25.7. The van der Waals surface area contributed by atoms with E-state index < -0.39 is 10.0 Å². The monoisotopic (exact) mass is 529 g/mol. The van der Waals surface area contributed by atoms with Crippen LogP contribution in [0.1, 0.15) is 15.9 Å². The highest BCUT2D eigenvalue weighted by Gasteiger charge is 2.28. The van der Waals surface area contributed by atoms with E-state index in [1.807, 2.05) is 54.6 Å². The summed E-state index contributed by atoms with van der Waals surface area (Å²) in [6.45, 7) is 3.42. The molecule has 0 atom stereocenters. The number of piperazine rings is 1. The van der Waals surface area contributed by atoms with Gasteiger partial charge in [0.25, 0.3) is 5.91 Å². The fourth-order valence-electron chi connectivity index (χ4n) is 3.90. The molecule has 1 heterocycles. The molecule has 1 aliphatic rings. The van der Waals surface area contributed by atoms with Crippen LogP contribution in [0.3, 0.4) is 0 Å². The van der Waals surface area contributed by atoms with Gasteiger partial charge in [0.2, 0.25) is 10.0 Å². The van der Waals surface area contributed by atoms with Gasteiger partial charge in [-0.05, 0) is 54.1 Å². The molecule has 3 aromatic carbocycles. The fraction of sp³-hybridized carbons (Fsp3) is 0.269. The van der Waals surface area contributed by atoms with Crippen LogP contribution in [0, 0.1) is 0 Å². The lowest BCUT2D eigenvalue weighted by atomic mass is 10.1. The molecule has 0 saturated carbocycles. The van der Waals surface area contributed by atoms with E-state index in [0.29, 0.717) is 54.8 Å². The summed E-state index contributed by atoms with van der Waals surface area (Å²) in [5.41, 5.74) is 1.66. The Morgan fingerprint density at radius 1 is 0.914 bits per heavy atom. The van der Waals surface area contributed by atoms with Gasteiger partial charge in [0.05, 0.1) is 4.90 Å². The van der Waals surface area contributed by atoms with Crippen LogP contribution in [0.25, 0.3) is 0 Å². The van der Waals surface area contributed by atoms with Gasteiger partial charge in [-0.2, -0.15) is 4.31 Å². The number of halogens is 1. The van der Waals surface area contributed by atoms with Crippen LogP contribution in [0.4, 0.5) is 0 Å². The quantitative estimate of drug-likeness (QED) is 0.329. The maximum atomic E-state index is 12.8. The molecule has 6 nitrogen and oxygen atoms in total. The highest BCUT2D eigenvalue weighted by atomic mass is 35.5. The normalized spacial score (nSPS) is 15.1. The van der Waals surface area contributed by atoms with E-state index in [1.165, 1.54) is 0 Å². The van der Waals surface area contributed by atoms with Crippen LogP contribution in [0.2, 0.25) is 5.02 Å². The van der Waals surface area contributed by atoms with Crippen molar-refractivity contribution in [2.75, 3.05) is 38.5 Å². The van der Waals surface area contributed by atoms with Crippen LogP contribution < -0.4 is 5.32 Å². The number of carbonyl (C=O) groups excluding carboxylic acids is 1. The van der Waals surface area contributed by atoms with E-state index in [-0.39, 0.29) is 5.91 Å². The predicted molar refractivity (Wildman–Crippen MR) is 141 cm³/mol. The van der Waals surface area contributed by atoms with Gasteiger partial charge in [-0.3, -0.25) is 9.69 Å². The molecule has 9 heteroatoms. The Kier molecular flexibility index (Phi) is 8.86. The summed E-state index contributed by atoms with van der Waals surface area (Å²) in [6, 6.07) is 23.8. The maximum Gasteiger partial charge on any atom is 0.251 e. The minimum atomic E-state index is -3.46. The van der Waals surface area contributed by atoms with Crippen molar-refractivity contribution in [2.45, 2.75) is 16.3 Å². The molecular weight excluding hydrogens is 502 g/mol. The maximum absolute atomic E-state index is 12.8. The number of carbonyl (C=O) groups is 1. The summed E-state index contributed by atoms with van der Waals surface area (Å²) in [4.78, 5) is 16.3. The van der Waals surface area contributed by atoms with E-state index in [2.05, 4.69) is 10.2 Å². The SMILES string of the molecule is O=C(NCCSc1ccc(Cl)cc1)c1cccc(CN2CCN(S(=O)(=O)c3ccccc3)CC2)c1. The van der Waals surface area contributed by atoms with Crippen LogP contribution >= 0.6 is 23.4 Å². The molecule has 0 unspecified atom stereocenters. The topological polar surface area (TPSA) is 69.7 Å². The van der Waals surface area contributed by atoms with Gasteiger partial charge < -0.3 is 5.32 Å². The molecule has 3 aromatic rings. The molecule has 0 bridgehead atoms. The average Bonchev–Trinajstić information content (AvgIpc) is 2.88. The Hall–Kier alpha value is -2.36. The first-order chi connectivity index (χ1) is 16.9. The Morgan fingerprint density at radius 2 is 1.63 bits per heavy atom. The molecule has 0 aromatic heterocycles. The van der Waals surface area contributed by atoms with Crippen molar-refractivity contribution in [3.05, 3.63) is 95.0 Å². The van der Waals surface area contributed by atoms with Gasteiger partial charge in [0.15, 0.2) is 0 Å². The van der Waals surface area contributed by atoms with E-state index in [4.69, 9.17) is 11.6 Å². The number of nitrogens with one attached hydrogen (secondary N) is 1. The summed E-state index contributed by atoms with van der Waals surface area (Å²) in [5.74, 6) is 0.672. The van der Waals surface area contributed by atoms with Gasteiger partial charge >= 0.3 is 0 Å². The molecule has 35 heavy (non-hydrogen) atoms. The first-order valence-corrected chi connectivity index (χ1v) is 14.3. The second-order valence-corrected chi connectivity index (χ2v) is 11.8. The Labute approximate surface area is 216 Å². The largest absolute Gasteiger partial charge is 0.351 e. The van der Waals surface area contributed by atoms with Gasteiger partial charge in [-0.15, -0.1) is 11.8 Å². The van der Waals surface area contributed by atoms with Crippen molar-refractivity contribution in [2.24, 2.45) is 0 Å². The summed E-state index contributed by atoms with van der Waals surface area (Å²) in [5, 5.41) is 3.69. The predicted octanol–water partition coefficient (Wildman–Crippen LogP) is 4.37. The summed E-state index contributed by atoms with van der Waals surface area (Å²) in [7, 11) is -3.46. The second-order valence-electron chi connectivity index (χ2n) is 8.25. The van der Waals surface area contributed by atoms with Crippen LogP contribution in [-0.2, 0) is 16.6 Å². The molecule has 1 N–H and O–H groups in total. The number of benzene rings is 3. The standard InChI is InChI=1S/C26H28ClN3O3S2/c27-23-9-11-24(12-10-23)34-18-13-28-26(31)22-6-4-5-21(19-22)20-29-14-16-30(17-15-29)35(32,33)25-7-2-1-3-8-25/h1-12,19H,13-18,20H2,(H,28,31). The lowest BCUT2D eigenvalue weighted by Crippen LogP contribution is -2.48. The number of rotatable bonds is 9. The molecule has 4 rings (SSSR count). The molecule has 1 fully saturated rings. The van der Waals surface area contributed by atoms with Crippen molar-refractivity contribution in [1.82, 2.24) is 14.5 Å². The molecule has 1 saturated heterocycles. The minimum Gasteiger partial charge on any atom is -0.351 e. The molecule has 0 spiro atoms. The van der Waals surface area contributed by atoms with E-state index in [1.54, 1.807) is 40.3 Å². The average molecular weight is 530 g/mol. The smallest absolute Gasteiger partial charge is 0.251 e. The summed E-state index contributed by atoms with van der Waals surface area (Å²) < 4.78 is 27.2. The fourth-order valence-corrected chi connectivity index (χ4v) is 6.24. The highest BCUT2D eigenvalue weighted by Crippen LogP contribution is 2.20. The van der Waals surface area contributed by atoms with Crippen LogP contribution in [0.5, 0.6) is 0 Å². The number of thioether (sulfide) groups is 1. The van der Waals surface area contributed by atoms with Gasteiger partial charge in [0, 0.05) is 60.5 Å². The van der Waals surface area contributed by atoms with E-state index in [9.17, 15) is 13.2 Å². The zero-order valence-electron chi connectivity index (χ0n) is 19.3. The number of nitrogens with zero attached hydrogens (tertiary/aromatic N) is 2. The van der Waals surface area contributed by atoms with Gasteiger partial charge in [0.1, 0.15) is 0 Å². The first-order valence-electron chi connectivity index (χ1n) is 11.4. The lowest BCUT2D eigenvalue weighted by Gasteiger charge is -2.34. The van der Waals surface area contributed by atoms with Crippen molar-refractivity contribution in [3.63, 3.8) is 0 Å². The van der Waals surface area contributed by atoms with Gasteiger partial charge in [-0.1, -0.05) is 41.9 Å². The molecular formula is C26H28ClN3O3S2. The molecule has 184 valence electrons. The number of sulfonamides is 1. The van der Waals surface area contributed by atoms with Gasteiger partial charge in [-0.25, -0.2) is 8.42 Å². The summed E-state index contributed by atoms with van der Waals surface area (Å²) >= 11 is 7.57. The minimum absolute atomic E-state index is 0.0951. The van der Waals surface area contributed by atoms with Crippen LogP contribution in [0.15, 0.2) is 88.7 Å². The van der Waals surface area contributed by atoms with E-state index >= 15 is 0 Å². The Morgan fingerprint density at radius 3 is 2.34 bits per heavy atom. The third-order valence-corrected chi connectivity index (χ3v) is 8.96. The zero-order chi connectivity index (χ0) is 24.7. The van der Waals surface area contributed by atoms with Crippen molar-refractivity contribution in [3.8, 4) is 0 Å². The lowest BCUT2D eigenvalue weighted by molar-refractivity contribution is 0.0956. The third-order valence-electron chi connectivity index (χ3n) is 5.78. The second kappa shape index (κ2) is 12.1. The highest BCUT2D eigenvalue weighted by molar-refractivity contribution is 7.99. The van der Waals surface area contributed by atoms with Crippen molar-refractivity contribution in [1.29, 1.82) is 0 Å². The van der Waals surface area contributed by atoms with Crippen molar-refractivity contribution < 1.29 is 13.2 Å². The molecule has 1 amide bonds. The Bertz CT molecular complexity index is 1230. The number of hydrogen-bond acceptors (Lipinski definition) is 5. The number of hydrogen-bond donors (Lipinski definition) is 1.